The molecule has 106 valence electrons. The lowest BCUT2D eigenvalue weighted by atomic mass is 9.93. The second-order valence-electron chi connectivity index (χ2n) is 5.13. The van der Waals surface area contributed by atoms with Crippen LogP contribution in [-0.2, 0) is 20.7 Å². The van der Waals surface area contributed by atoms with Crippen molar-refractivity contribution in [3.05, 3.63) is 29.8 Å². The Morgan fingerprint density at radius 3 is 2.58 bits per heavy atom. The summed E-state index contributed by atoms with van der Waals surface area (Å²) in [6.45, 7) is 4.94. The molecule has 4 heteroatoms. The summed E-state index contributed by atoms with van der Waals surface area (Å²) in [5.74, 6) is -0.214. The van der Waals surface area contributed by atoms with Gasteiger partial charge in [0, 0.05) is 19.3 Å². The molecule has 0 amide bonds. The van der Waals surface area contributed by atoms with Crippen LogP contribution in [0.25, 0.3) is 0 Å². The predicted molar refractivity (Wildman–Crippen MR) is 76.3 cm³/mol. The minimum absolute atomic E-state index is 0.214. The van der Waals surface area contributed by atoms with Crippen LogP contribution >= 0.6 is 0 Å². The second-order valence-corrected chi connectivity index (χ2v) is 5.13. The molecule has 0 aliphatic heterocycles. The number of nitrogens with one attached hydrogen (secondary N) is 1. The van der Waals surface area contributed by atoms with Gasteiger partial charge in [0.25, 0.3) is 0 Å². The number of para-hydroxylation sites is 1. The molecule has 0 saturated carbocycles. The van der Waals surface area contributed by atoms with Gasteiger partial charge in [0.05, 0.1) is 19.1 Å². The molecule has 0 spiro atoms. The van der Waals surface area contributed by atoms with E-state index in [1.54, 1.807) is 7.11 Å². The van der Waals surface area contributed by atoms with Crippen LogP contribution in [0.15, 0.2) is 24.3 Å². The van der Waals surface area contributed by atoms with Gasteiger partial charge in [-0.25, -0.2) is 0 Å². The van der Waals surface area contributed by atoms with E-state index in [0.717, 1.165) is 12.1 Å². The molecule has 0 atom stereocenters. The molecule has 0 aliphatic carbocycles. The molecular formula is C15H23NO3. The van der Waals surface area contributed by atoms with Gasteiger partial charge in [-0.15, -0.1) is 0 Å². The topological polar surface area (TPSA) is 47.6 Å². The summed E-state index contributed by atoms with van der Waals surface area (Å²) in [7, 11) is 3.10. The lowest BCUT2D eigenvalue weighted by molar-refractivity contribution is -0.149. The van der Waals surface area contributed by atoms with Crippen molar-refractivity contribution in [3.8, 4) is 0 Å². The molecule has 1 N–H and O–H groups in total. The fraction of sp³-hybridized carbons (Fsp3) is 0.533. The van der Waals surface area contributed by atoms with E-state index in [9.17, 15) is 4.79 Å². The van der Waals surface area contributed by atoms with Crippen LogP contribution in [0.1, 0.15) is 19.4 Å². The van der Waals surface area contributed by atoms with Gasteiger partial charge in [-0.05, 0) is 31.9 Å². The largest absolute Gasteiger partial charge is 0.469 e. The van der Waals surface area contributed by atoms with Crippen molar-refractivity contribution in [2.45, 2.75) is 20.3 Å². The molecule has 0 aromatic heterocycles. The number of hydrogen-bond donors (Lipinski definition) is 1. The monoisotopic (exact) mass is 265 g/mol. The van der Waals surface area contributed by atoms with Gasteiger partial charge in [-0.1, -0.05) is 18.2 Å². The zero-order valence-electron chi connectivity index (χ0n) is 12.2. The van der Waals surface area contributed by atoms with Crippen molar-refractivity contribution in [2.75, 3.05) is 32.7 Å². The summed E-state index contributed by atoms with van der Waals surface area (Å²) in [6, 6.07) is 8.05. The normalized spacial score (nSPS) is 11.2. The Labute approximate surface area is 115 Å². The van der Waals surface area contributed by atoms with Gasteiger partial charge in [0.15, 0.2) is 0 Å². The van der Waals surface area contributed by atoms with Gasteiger partial charge in [-0.3, -0.25) is 4.79 Å². The SMILES string of the molecule is COCCc1ccccc1NCC(C)(C)C(=O)OC. The van der Waals surface area contributed by atoms with Gasteiger partial charge < -0.3 is 14.8 Å². The third kappa shape index (κ3) is 4.56. The first-order chi connectivity index (χ1) is 9.01. The van der Waals surface area contributed by atoms with Crippen molar-refractivity contribution >= 4 is 11.7 Å². The number of methoxy groups -OCH3 is 2. The number of hydrogen-bond acceptors (Lipinski definition) is 4. The van der Waals surface area contributed by atoms with Crippen molar-refractivity contribution in [1.82, 2.24) is 0 Å². The number of anilines is 1. The molecule has 0 fully saturated rings. The average Bonchev–Trinajstić information content (AvgIpc) is 2.42. The van der Waals surface area contributed by atoms with E-state index in [1.807, 2.05) is 32.0 Å². The Morgan fingerprint density at radius 2 is 1.95 bits per heavy atom. The molecule has 0 saturated heterocycles. The molecule has 1 aromatic carbocycles. The Hall–Kier alpha value is -1.55. The number of carbonyl (C=O) groups is 1. The Kier molecular flexibility index (Phi) is 5.83. The van der Waals surface area contributed by atoms with E-state index in [-0.39, 0.29) is 5.97 Å². The van der Waals surface area contributed by atoms with E-state index in [4.69, 9.17) is 9.47 Å². The second kappa shape index (κ2) is 7.14. The average molecular weight is 265 g/mol. The lowest BCUT2D eigenvalue weighted by Gasteiger charge is -2.23. The lowest BCUT2D eigenvalue weighted by Crippen LogP contribution is -2.33. The highest BCUT2D eigenvalue weighted by atomic mass is 16.5. The van der Waals surface area contributed by atoms with E-state index in [2.05, 4.69) is 11.4 Å². The van der Waals surface area contributed by atoms with Crippen molar-refractivity contribution < 1.29 is 14.3 Å². The predicted octanol–water partition coefficient (Wildman–Crippen LogP) is 2.49. The van der Waals surface area contributed by atoms with Crippen LogP contribution in [0.2, 0.25) is 0 Å². The highest BCUT2D eigenvalue weighted by Gasteiger charge is 2.28. The van der Waals surface area contributed by atoms with Crippen LogP contribution < -0.4 is 5.32 Å². The van der Waals surface area contributed by atoms with Gasteiger partial charge >= 0.3 is 5.97 Å². The van der Waals surface area contributed by atoms with Crippen LogP contribution in [0.4, 0.5) is 5.69 Å². The minimum atomic E-state index is -0.552. The highest BCUT2D eigenvalue weighted by Crippen LogP contribution is 2.21. The van der Waals surface area contributed by atoms with Crippen LogP contribution in [0, 0.1) is 5.41 Å². The molecular weight excluding hydrogens is 242 g/mol. The number of rotatable bonds is 7. The molecule has 4 nitrogen and oxygen atoms in total. The first-order valence-electron chi connectivity index (χ1n) is 6.40. The summed E-state index contributed by atoms with van der Waals surface area (Å²) >= 11 is 0. The first-order valence-corrected chi connectivity index (χ1v) is 6.40. The quantitative estimate of drug-likeness (QED) is 0.769. The Bertz CT molecular complexity index is 416. The third-order valence-corrected chi connectivity index (χ3v) is 3.05. The molecule has 0 aliphatic rings. The van der Waals surface area contributed by atoms with E-state index in [1.165, 1.54) is 12.7 Å². The maximum absolute atomic E-state index is 11.6. The first kappa shape index (κ1) is 15.5. The molecule has 1 rings (SSSR count). The fourth-order valence-electron chi connectivity index (χ4n) is 1.79. The van der Waals surface area contributed by atoms with Gasteiger partial charge in [0.1, 0.15) is 0 Å². The van der Waals surface area contributed by atoms with E-state index >= 15 is 0 Å². The third-order valence-electron chi connectivity index (χ3n) is 3.05. The summed E-state index contributed by atoms with van der Waals surface area (Å²) < 4.78 is 9.90. The standard InChI is InChI=1S/C15H23NO3/c1-15(2,14(17)19-4)11-16-13-8-6-5-7-12(13)9-10-18-3/h5-8,16H,9-11H2,1-4H3. The smallest absolute Gasteiger partial charge is 0.313 e. The van der Waals surface area contributed by atoms with Crippen LogP contribution in [-0.4, -0.2) is 33.3 Å². The zero-order valence-corrected chi connectivity index (χ0v) is 12.2. The number of ether oxygens (including phenoxy) is 2. The van der Waals surface area contributed by atoms with E-state index in [0.29, 0.717) is 13.2 Å². The molecule has 0 bridgehead atoms. The highest BCUT2D eigenvalue weighted by molar-refractivity contribution is 5.76. The van der Waals surface area contributed by atoms with Crippen LogP contribution in [0.5, 0.6) is 0 Å². The molecule has 19 heavy (non-hydrogen) atoms. The summed E-state index contributed by atoms with van der Waals surface area (Å²) in [5.41, 5.74) is 1.67. The van der Waals surface area contributed by atoms with Gasteiger partial charge in [-0.2, -0.15) is 0 Å². The van der Waals surface area contributed by atoms with Crippen molar-refractivity contribution in [2.24, 2.45) is 5.41 Å². The summed E-state index contributed by atoms with van der Waals surface area (Å²) in [5, 5.41) is 3.32. The summed E-state index contributed by atoms with van der Waals surface area (Å²) in [6.07, 6.45) is 0.846. The number of esters is 1. The van der Waals surface area contributed by atoms with Crippen molar-refractivity contribution in [1.29, 1.82) is 0 Å². The Balaban J connectivity index is 2.69. The number of benzene rings is 1. The Morgan fingerprint density at radius 1 is 1.26 bits per heavy atom. The maximum Gasteiger partial charge on any atom is 0.313 e. The van der Waals surface area contributed by atoms with Gasteiger partial charge in [0.2, 0.25) is 0 Å². The minimum Gasteiger partial charge on any atom is -0.469 e. The molecule has 0 radical (unpaired) electrons. The zero-order chi connectivity index (χ0) is 14.3. The molecule has 0 unspecified atom stereocenters. The summed E-state index contributed by atoms with van der Waals surface area (Å²) in [4.78, 5) is 11.6. The van der Waals surface area contributed by atoms with E-state index < -0.39 is 5.41 Å². The molecule has 0 heterocycles. The van der Waals surface area contributed by atoms with Crippen LogP contribution in [0.3, 0.4) is 0 Å². The number of carbonyl (C=O) groups excluding carboxylic acids is 1. The molecule has 1 aromatic rings. The maximum atomic E-state index is 11.6. The fourth-order valence-corrected chi connectivity index (χ4v) is 1.79. The van der Waals surface area contributed by atoms with Crippen molar-refractivity contribution in [3.63, 3.8) is 0 Å².